The van der Waals surface area contributed by atoms with Crippen molar-refractivity contribution in [2.24, 2.45) is 0 Å². The van der Waals surface area contributed by atoms with E-state index in [1.165, 1.54) is 0 Å². The molecule has 0 atom stereocenters. The fourth-order valence-corrected chi connectivity index (χ4v) is 1.57. The topological polar surface area (TPSA) is 80.4 Å². The molecule has 0 aliphatic rings. The summed E-state index contributed by atoms with van der Waals surface area (Å²) in [5.74, 6) is -2.08. The Hall–Kier alpha value is -1.63. The van der Waals surface area contributed by atoms with Crippen molar-refractivity contribution in [3.05, 3.63) is 34.1 Å². The highest BCUT2D eigenvalue weighted by Crippen LogP contribution is 2.24. The highest BCUT2D eigenvalue weighted by atomic mass is 32.2. The van der Waals surface area contributed by atoms with Crippen LogP contribution in [0, 0.1) is 15.9 Å². The Morgan fingerprint density at radius 2 is 2.20 bits per heavy atom. The van der Waals surface area contributed by atoms with Crippen molar-refractivity contribution in [1.29, 1.82) is 0 Å². The van der Waals surface area contributed by atoms with Crippen LogP contribution in [0.4, 0.5) is 10.1 Å². The van der Waals surface area contributed by atoms with Crippen LogP contribution in [0.2, 0.25) is 0 Å². The summed E-state index contributed by atoms with van der Waals surface area (Å²) >= 11 is 0.830. The zero-order valence-corrected chi connectivity index (χ0v) is 8.16. The standard InChI is InChI=1S/C8H6FNO4S/c9-5-1-6(10(13)14)3-7(2-5)15-4-8(11)12/h1-3H,4H2,(H,11,12). The maximum absolute atomic E-state index is 12.8. The van der Waals surface area contributed by atoms with Crippen molar-refractivity contribution < 1.29 is 19.2 Å². The zero-order valence-electron chi connectivity index (χ0n) is 7.34. The summed E-state index contributed by atoms with van der Waals surface area (Å²) in [5.41, 5.74) is -0.386. The first-order valence-corrected chi connectivity index (χ1v) is 4.77. The van der Waals surface area contributed by atoms with Crippen LogP contribution in [0.3, 0.4) is 0 Å². The molecule has 0 bridgehead atoms. The molecule has 1 aromatic carbocycles. The average molecular weight is 231 g/mol. The number of nitro benzene ring substituents is 1. The molecule has 7 heteroatoms. The monoisotopic (exact) mass is 231 g/mol. The third-order valence-electron chi connectivity index (χ3n) is 1.43. The lowest BCUT2D eigenvalue weighted by Crippen LogP contribution is -1.98. The minimum atomic E-state index is -1.06. The van der Waals surface area contributed by atoms with Gasteiger partial charge in [0.15, 0.2) is 0 Å². The van der Waals surface area contributed by atoms with Gasteiger partial charge in [0.25, 0.3) is 5.69 Å². The van der Waals surface area contributed by atoms with Crippen LogP contribution in [-0.2, 0) is 4.79 Å². The number of carbonyl (C=O) groups is 1. The normalized spacial score (nSPS) is 9.93. The smallest absolute Gasteiger partial charge is 0.313 e. The van der Waals surface area contributed by atoms with E-state index in [2.05, 4.69) is 0 Å². The van der Waals surface area contributed by atoms with Gasteiger partial charge in [-0.3, -0.25) is 14.9 Å². The minimum absolute atomic E-state index is 0.226. The van der Waals surface area contributed by atoms with Gasteiger partial charge in [0.05, 0.1) is 16.7 Å². The number of benzene rings is 1. The molecule has 0 heterocycles. The zero-order chi connectivity index (χ0) is 11.4. The Morgan fingerprint density at radius 1 is 1.53 bits per heavy atom. The van der Waals surface area contributed by atoms with Crippen LogP contribution in [0.1, 0.15) is 0 Å². The van der Waals surface area contributed by atoms with Crippen LogP contribution < -0.4 is 0 Å². The number of non-ortho nitro benzene ring substituents is 1. The Bertz CT molecular complexity index is 410. The first kappa shape index (κ1) is 11.4. The maximum Gasteiger partial charge on any atom is 0.313 e. The summed E-state index contributed by atoms with van der Waals surface area (Å²) in [5, 5.41) is 18.7. The number of hydrogen-bond donors (Lipinski definition) is 1. The van der Waals surface area contributed by atoms with E-state index in [1.54, 1.807) is 0 Å². The van der Waals surface area contributed by atoms with Crippen LogP contribution in [-0.4, -0.2) is 21.8 Å². The van der Waals surface area contributed by atoms with Gasteiger partial charge in [-0.1, -0.05) is 0 Å². The predicted octanol–water partition coefficient (Wildman–Crippen LogP) is 1.91. The molecular weight excluding hydrogens is 225 g/mol. The molecule has 15 heavy (non-hydrogen) atoms. The molecule has 0 saturated heterocycles. The Morgan fingerprint density at radius 3 is 2.73 bits per heavy atom. The van der Waals surface area contributed by atoms with Crippen LogP contribution in [0.25, 0.3) is 0 Å². The molecule has 0 amide bonds. The van der Waals surface area contributed by atoms with Crippen LogP contribution in [0.15, 0.2) is 23.1 Å². The van der Waals surface area contributed by atoms with E-state index in [0.717, 1.165) is 30.0 Å². The number of nitro groups is 1. The molecule has 0 aliphatic heterocycles. The SMILES string of the molecule is O=C(O)CSc1cc(F)cc([N+](=O)[O-])c1. The van der Waals surface area contributed by atoms with Crippen LogP contribution in [0.5, 0.6) is 0 Å². The number of thioether (sulfide) groups is 1. The number of halogens is 1. The largest absolute Gasteiger partial charge is 0.481 e. The van der Waals surface area contributed by atoms with E-state index >= 15 is 0 Å². The summed E-state index contributed by atoms with van der Waals surface area (Å²) in [6, 6.07) is 2.97. The van der Waals surface area contributed by atoms with E-state index in [4.69, 9.17) is 5.11 Å². The van der Waals surface area contributed by atoms with Gasteiger partial charge in [-0.25, -0.2) is 4.39 Å². The third kappa shape index (κ3) is 3.55. The molecule has 0 aromatic heterocycles. The molecule has 0 saturated carbocycles. The number of aliphatic carboxylic acids is 1. The van der Waals surface area contributed by atoms with Crippen molar-refractivity contribution in [3.8, 4) is 0 Å². The first-order chi connectivity index (χ1) is 6.99. The number of hydrogen-bond acceptors (Lipinski definition) is 4. The first-order valence-electron chi connectivity index (χ1n) is 3.78. The van der Waals surface area contributed by atoms with Crippen molar-refractivity contribution in [1.82, 2.24) is 0 Å². The summed E-state index contributed by atoms with van der Waals surface area (Å²) in [6.45, 7) is 0. The summed E-state index contributed by atoms with van der Waals surface area (Å²) in [7, 11) is 0. The second-order valence-corrected chi connectivity index (χ2v) is 3.63. The quantitative estimate of drug-likeness (QED) is 0.486. The van der Waals surface area contributed by atoms with E-state index < -0.39 is 16.7 Å². The molecule has 0 spiro atoms. The highest BCUT2D eigenvalue weighted by molar-refractivity contribution is 8.00. The van der Waals surface area contributed by atoms with E-state index in [0.29, 0.717) is 0 Å². The molecule has 5 nitrogen and oxygen atoms in total. The fourth-order valence-electron chi connectivity index (χ4n) is 0.882. The van der Waals surface area contributed by atoms with Gasteiger partial charge in [-0.2, -0.15) is 0 Å². The Kier molecular flexibility index (Phi) is 3.62. The van der Waals surface area contributed by atoms with Gasteiger partial charge in [0.1, 0.15) is 5.82 Å². The van der Waals surface area contributed by atoms with E-state index in [-0.39, 0.29) is 16.3 Å². The molecule has 1 N–H and O–H groups in total. The highest BCUT2D eigenvalue weighted by Gasteiger charge is 2.10. The fraction of sp³-hybridized carbons (Fsp3) is 0.125. The van der Waals surface area contributed by atoms with Gasteiger partial charge in [-0.15, -0.1) is 11.8 Å². The predicted molar refractivity (Wildman–Crippen MR) is 51.4 cm³/mol. The molecule has 80 valence electrons. The molecule has 0 unspecified atom stereocenters. The summed E-state index contributed by atoms with van der Waals surface area (Å²) in [6.07, 6.45) is 0. The maximum atomic E-state index is 12.8. The van der Waals surface area contributed by atoms with Gasteiger partial charge in [-0.05, 0) is 6.07 Å². The van der Waals surface area contributed by atoms with E-state index in [9.17, 15) is 19.3 Å². The lowest BCUT2D eigenvalue weighted by Gasteiger charge is -1.99. The summed E-state index contributed by atoms with van der Waals surface area (Å²) in [4.78, 5) is 20.1. The van der Waals surface area contributed by atoms with E-state index in [1.807, 2.05) is 0 Å². The van der Waals surface area contributed by atoms with Crippen molar-refractivity contribution in [2.75, 3.05) is 5.75 Å². The Balaban J connectivity index is 2.88. The average Bonchev–Trinajstić information content (AvgIpc) is 2.13. The minimum Gasteiger partial charge on any atom is -0.481 e. The van der Waals surface area contributed by atoms with Gasteiger partial charge >= 0.3 is 5.97 Å². The molecule has 0 fully saturated rings. The van der Waals surface area contributed by atoms with Crippen molar-refractivity contribution >= 4 is 23.4 Å². The molecule has 0 aliphatic carbocycles. The third-order valence-corrected chi connectivity index (χ3v) is 2.39. The molecule has 1 aromatic rings. The van der Waals surface area contributed by atoms with Crippen LogP contribution >= 0.6 is 11.8 Å². The van der Waals surface area contributed by atoms with Gasteiger partial charge in [0.2, 0.25) is 0 Å². The van der Waals surface area contributed by atoms with Gasteiger partial charge < -0.3 is 5.11 Å². The molecule has 0 radical (unpaired) electrons. The second-order valence-electron chi connectivity index (χ2n) is 2.58. The second kappa shape index (κ2) is 4.74. The number of carboxylic acid groups (broad SMARTS) is 1. The lowest BCUT2D eigenvalue weighted by molar-refractivity contribution is -0.385. The molecular formula is C8H6FNO4S. The molecule has 1 rings (SSSR count). The number of nitrogens with zero attached hydrogens (tertiary/aromatic N) is 1. The van der Waals surface area contributed by atoms with Gasteiger partial charge in [0, 0.05) is 11.0 Å². The van der Waals surface area contributed by atoms with Crippen molar-refractivity contribution in [3.63, 3.8) is 0 Å². The summed E-state index contributed by atoms with van der Waals surface area (Å²) < 4.78 is 12.8. The lowest BCUT2D eigenvalue weighted by atomic mass is 10.3. The number of carboxylic acids is 1. The van der Waals surface area contributed by atoms with Crippen molar-refractivity contribution in [2.45, 2.75) is 4.90 Å². The Labute approximate surface area is 88.1 Å². The number of rotatable bonds is 4.